The molecule has 0 saturated carbocycles. The Morgan fingerprint density at radius 3 is 2.25 bits per heavy atom. The van der Waals surface area contributed by atoms with Gasteiger partial charge in [-0.05, 0) is 0 Å². The average molecular weight is 116 g/mol. The Balaban J connectivity index is 3.40. The number of hydrogen-bond donors (Lipinski definition) is 1. The molecule has 0 aromatic carbocycles. The maximum atomic E-state index is 10.0. The fourth-order valence-corrected chi connectivity index (χ4v) is 0.175. The Morgan fingerprint density at radius 2 is 2.12 bits per heavy atom. The van der Waals surface area contributed by atoms with Gasteiger partial charge in [0.15, 0.2) is 6.42 Å². The number of amides is 1. The number of primary amides is 1. The van der Waals surface area contributed by atoms with Gasteiger partial charge in [0.2, 0.25) is 5.91 Å². The van der Waals surface area contributed by atoms with Crippen molar-refractivity contribution < 1.29 is 14.3 Å². The molecular formula is C4H6NO3. The van der Waals surface area contributed by atoms with Crippen molar-refractivity contribution in [1.29, 1.82) is 0 Å². The first-order valence-corrected chi connectivity index (χ1v) is 1.89. The van der Waals surface area contributed by atoms with Gasteiger partial charge in [0.1, 0.15) is 0 Å². The minimum absolute atomic E-state index is 0.667. The van der Waals surface area contributed by atoms with Crippen LogP contribution in [-0.4, -0.2) is 19.0 Å². The lowest BCUT2D eigenvalue weighted by Gasteiger charge is -1.90. The van der Waals surface area contributed by atoms with Crippen LogP contribution in [0.25, 0.3) is 0 Å². The predicted molar refractivity (Wildman–Crippen MR) is 25.5 cm³/mol. The van der Waals surface area contributed by atoms with E-state index in [1.54, 1.807) is 0 Å². The molecule has 0 unspecified atom stereocenters. The van der Waals surface area contributed by atoms with Crippen molar-refractivity contribution in [1.82, 2.24) is 0 Å². The van der Waals surface area contributed by atoms with Crippen LogP contribution in [0.2, 0.25) is 0 Å². The average Bonchev–Trinajstić information content (AvgIpc) is 1.65. The molecule has 0 atom stereocenters. The van der Waals surface area contributed by atoms with Crippen molar-refractivity contribution in [2.24, 2.45) is 5.73 Å². The van der Waals surface area contributed by atoms with Crippen LogP contribution in [0, 0.1) is 6.42 Å². The number of hydrogen-bond acceptors (Lipinski definition) is 3. The van der Waals surface area contributed by atoms with E-state index in [0.717, 1.165) is 0 Å². The van der Waals surface area contributed by atoms with Gasteiger partial charge in [-0.3, -0.25) is 9.59 Å². The number of carbonyl (C=O) groups excluding carboxylic acids is 2. The highest BCUT2D eigenvalue weighted by atomic mass is 16.5. The van der Waals surface area contributed by atoms with Crippen molar-refractivity contribution in [2.75, 3.05) is 7.11 Å². The van der Waals surface area contributed by atoms with Crippen molar-refractivity contribution >= 4 is 11.9 Å². The summed E-state index contributed by atoms with van der Waals surface area (Å²) in [6.07, 6.45) is 0.667. The van der Waals surface area contributed by atoms with E-state index in [9.17, 15) is 9.59 Å². The van der Waals surface area contributed by atoms with Crippen LogP contribution in [0.5, 0.6) is 0 Å². The molecule has 2 N–H and O–H groups in total. The number of methoxy groups -OCH3 is 1. The van der Waals surface area contributed by atoms with Crippen LogP contribution in [0.3, 0.4) is 0 Å². The second kappa shape index (κ2) is 3.01. The summed E-state index contributed by atoms with van der Waals surface area (Å²) in [4.78, 5) is 19.9. The quantitative estimate of drug-likeness (QED) is 0.366. The Morgan fingerprint density at radius 1 is 1.62 bits per heavy atom. The molecular weight excluding hydrogens is 110 g/mol. The Hall–Kier alpha value is -1.06. The molecule has 8 heavy (non-hydrogen) atoms. The van der Waals surface area contributed by atoms with E-state index in [-0.39, 0.29) is 0 Å². The molecule has 0 rings (SSSR count). The van der Waals surface area contributed by atoms with E-state index in [1.165, 1.54) is 7.11 Å². The highest BCUT2D eigenvalue weighted by molar-refractivity contribution is 6.05. The third kappa shape index (κ3) is 3.14. The molecule has 0 aliphatic carbocycles. The van der Waals surface area contributed by atoms with Crippen LogP contribution in [0.1, 0.15) is 0 Å². The smallest absolute Gasteiger partial charge is 0.319 e. The summed E-state index contributed by atoms with van der Waals surface area (Å²) in [6.45, 7) is 0. The van der Waals surface area contributed by atoms with E-state index in [2.05, 4.69) is 10.5 Å². The van der Waals surface area contributed by atoms with Gasteiger partial charge >= 0.3 is 5.97 Å². The molecule has 0 bridgehead atoms. The molecule has 1 amide bonds. The maximum absolute atomic E-state index is 10.0. The van der Waals surface area contributed by atoms with E-state index in [1.807, 2.05) is 0 Å². The second-order valence-electron chi connectivity index (χ2n) is 1.07. The monoisotopic (exact) mass is 116 g/mol. The molecule has 0 aromatic rings. The first kappa shape index (κ1) is 6.94. The molecule has 0 aromatic heterocycles. The van der Waals surface area contributed by atoms with Gasteiger partial charge < -0.3 is 10.5 Å². The van der Waals surface area contributed by atoms with Crippen LogP contribution >= 0.6 is 0 Å². The first-order chi connectivity index (χ1) is 3.66. The zero-order valence-electron chi connectivity index (χ0n) is 4.38. The van der Waals surface area contributed by atoms with Gasteiger partial charge in [0.05, 0.1) is 7.11 Å². The minimum Gasteiger partial charge on any atom is -0.468 e. The van der Waals surface area contributed by atoms with Crippen LogP contribution in [-0.2, 0) is 14.3 Å². The van der Waals surface area contributed by atoms with Crippen molar-refractivity contribution in [3.8, 4) is 0 Å². The van der Waals surface area contributed by atoms with Crippen LogP contribution in [0.4, 0.5) is 0 Å². The van der Waals surface area contributed by atoms with E-state index >= 15 is 0 Å². The Kier molecular flexibility index (Phi) is 2.61. The fraction of sp³-hybridized carbons (Fsp3) is 0.250. The molecule has 0 saturated heterocycles. The summed E-state index contributed by atoms with van der Waals surface area (Å²) >= 11 is 0. The van der Waals surface area contributed by atoms with Crippen molar-refractivity contribution in [3.63, 3.8) is 0 Å². The van der Waals surface area contributed by atoms with Crippen molar-refractivity contribution in [2.45, 2.75) is 0 Å². The number of rotatable bonds is 2. The number of ether oxygens (including phenoxy) is 1. The molecule has 1 radical (unpaired) electrons. The molecule has 0 aliphatic rings. The Labute approximate surface area is 46.6 Å². The lowest BCUT2D eigenvalue weighted by atomic mass is 10.4. The molecule has 4 nitrogen and oxygen atoms in total. The fourth-order valence-electron chi connectivity index (χ4n) is 0.175. The minimum atomic E-state index is -0.795. The SMILES string of the molecule is COC(=O)[CH]C(N)=O. The van der Waals surface area contributed by atoms with Crippen molar-refractivity contribution in [3.05, 3.63) is 6.42 Å². The van der Waals surface area contributed by atoms with Crippen LogP contribution < -0.4 is 5.73 Å². The largest absolute Gasteiger partial charge is 0.468 e. The molecule has 45 valence electrons. The normalized spacial score (nSPS) is 8.12. The molecule has 0 fully saturated rings. The van der Waals surface area contributed by atoms with E-state index in [4.69, 9.17) is 0 Å². The van der Waals surface area contributed by atoms with E-state index < -0.39 is 11.9 Å². The number of carbonyl (C=O) groups is 2. The summed E-state index contributed by atoms with van der Waals surface area (Å²) < 4.78 is 4.07. The highest BCUT2D eigenvalue weighted by Crippen LogP contribution is 1.77. The lowest BCUT2D eigenvalue weighted by Crippen LogP contribution is -2.17. The molecule has 4 heteroatoms. The third-order valence-corrected chi connectivity index (χ3v) is 0.461. The first-order valence-electron chi connectivity index (χ1n) is 1.89. The van der Waals surface area contributed by atoms with Crippen LogP contribution in [0.15, 0.2) is 0 Å². The molecule has 0 heterocycles. The second-order valence-corrected chi connectivity index (χ2v) is 1.07. The summed E-state index contributed by atoms with van der Waals surface area (Å²) in [6, 6.07) is 0. The summed E-state index contributed by atoms with van der Waals surface area (Å²) in [5.41, 5.74) is 4.57. The van der Waals surface area contributed by atoms with Gasteiger partial charge in [-0.1, -0.05) is 0 Å². The summed E-state index contributed by atoms with van der Waals surface area (Å²) in [7, 11) is 1.17. The molecule has 0 spiro atoms. The Bertz CT molecular complexity index is 110. The van der Waals surface area contributed by atoms with Gasteiger partial charge in [-0.15, -0.1) is 0 Å². The zero-order chi connectivity index (χ0) is 6.57. The summed E-state index contributed by atoms with van der Waals surface area (Å²) in [5.74, 6) is -1.52. The van der Waals surface area contributed by atoms with Gasteiger partial charge in [-0.25, -0.2) is 0 Å². The highest BCUT2D eigenvalue weighted by Gasteiger charge is 2.03. The van der Waals surface area contributed by atoms with Gasteiger partial charge in [0, 0.05) is 0 Å². The number of nitrogens with two attached hydrogens (primary N) is 1. The standard InChI is InChI=1S/C4H6NO3/c1-8-4(7)2-3(5)6/h2H,1H3,(H2,5,6). The molecule has 0 aliphatic heterocycles. The topological polar surface area (TPSA) is 69.4 Å². The third-order valence-electron chi connectivity index (χ3n) is 0.461. The van der Waals surface area contributed by atoms with E-state index in [0.29, 0.717) is 6.42 Å². The summed E-state index contributed by atoms with van der Waals surface area (Å²) in [5, 5.41) is 0. The van der Waals surface area contributed by atoms with Gasteiger partial charge in [-0.2, -0.15) is 0 Å². The van der Waals surface area contributed by atoms with Gasteiger partial charge in [0.25, 0.3) is 0 Å². The number of esters is 1. The maximum Gasteiger partial charge on any atom is 0.319 e. The predicted octanol–water partition coefficient (Wildman–Crippen LogP) is -1.15. The zero-order valence-corrected chi connectivity index (χ0v) is 4.38. The lowest BCUT2D eigenvalue weighted by molar-refractivity contribution is -0.138.